The molecule has 20 heavy (non-hydrogen) atoms. The molecule has 0 fully saturated rings. The third-order valence-electron chi connectivity index (χ3n) is 2.40. The van der Waals surface area contributed by atoms with Crippen molar-refractivity contribution in [1.82, 2.24) is 15.0 Å². The highest BCUT2D eigenvalue weighted by Crippen LogP contribution is 2.24. The topological polar surface area (TPSA) is 59.9 Å². The molecule has 7 heteroatoms. The van der Waals surface area contributed by atoms with Crippen LogP contribution < -0.4 is 10.1 Å². The number of nitrogens with one attached hydrogen (secondary N) is 1. The summed E-state index contributed by atoms with van der Waals surface area (Å²) in [6.07, 6.45) is 0. The highest BCUT2D eigenvalue weighted by molar-refractivity contribution is 6.30. The van der Waals surface area contributed by atoms with Crippen LogP contribution >= 0.6 is 11.6 Å². The van der Waals surface area contributed by atoms with Crippen LogP contribution in [0.3, 0.4) is 0 Å². The maximum atomic E-state index is 13.9. The maximum absolute atomic E-state index is 13.9. The summed E-state index contributed by atoms with van der Waals surface area (Å²) in [7, 11) is 0. The second-order valence-corrected chi connectivity index (χ2v) is 4.29. The highest BCUT2D eigenvalue weighted by atomic mass is 35.5. The molecule has 0 bridgehead atoms. The van der Waals surface area contributed by atoms with Crippen molar-refractivity contribution in [2.75, 3.05) is 18.5 Å². The monoisotopic (exact) mass is 296 g/mol. The van der Waals surface area contributed by atoms with E-state index in [0.717, 1.165) is 0 Å². The normalized spacial score (nSPS) is 10.4. The number of halogens is 2. The van der Waals surface area contributed by atoms with Crippen LogP contribution in [0.25, 0.3) is 11.4 Å². The van der Waals surface area contributed by atoms with Gasteiger partial charge in [-0.1, -0.05) is 11.6 Å². The average Bonchev–Trinajstić information content (AvgIpc) is 2.39. The predicted octanol–water partition coefficient (Wildman–Crippen LogP) is 3.16. The highest BCUT2D eigenvalue weighted by Gasteiger charge is 2.13. The van der Waals surface area contributed by atoms with Gasteiger partial charge in [-0.3, -0.25) is 0 Å². The molecule has 0 saturated carbocycles. The molecule has 0 radical (unpaired) electrons. The first-order valence-corrected chi connectivity index (χ1v) is 6.60. The number of rotatable bonds is 5. The zero-order valence-electron chi connectivity index (χ0n) is 11.2. The fourth-order valence-electron chi connectivity index (χ4n) is 1.58. The Morgan fingerprint density at radius 1 is 1.25 bits per heavy atom. The predicted molar refractivity (Wildman–Crippen MR) is 75.6 cm³/mol. The number of hydrogen-bond acceptors (Lipinski definition) is 5. The summed E-state index contributed by atoms with van der Waals surface area (Å²) in [6, 6.07) is 4.48. The van der Waals surface area contributed by atoms with Crippen molar-refractivity contribution in [3.8, 4) is 17.4 Å². The van der Waals surface area contributed by atoms with Crippen LogP contribution in [0.5, 0.6) is 6.01 Å². The lowest BCUT2D eigenvalue weighted by Gasteiger charge is -2.08. The van der Waals surface area contributed by atoms with E-state index in [0.29, 0.717) is 24.1 Å². The lowest BCUT2D eigenvalue weighted by atomic mass is 10.2. The Labute approximate surface area is 121 Å². The number of ether oxygens (including phenoxy) is 1. The van der Waals surface area contributed by atoms with Gasteiger partial charge < -0.3 is 10.1 Å². The van der Waals surface area contributed by atoms with Crippen molar-refractivity contribution in [3.63, 3.8) is 0 Å². The fraction of sp³-hybridized carbons (Fsp3) is 0.308. The Balaban J connectivity index is 2.48. The summed E-state index contributed by atoms with van der Waals surface area (Å²) >= 11 is 5.74. The van der Waals surface area contributed by atoms with Crippen LogP contribution in [0, 0.1) is 5.82 Å². The molecule has 0 atom stereocenters. The molecule has 0 aliphatic heterocycles. The van der Waals surface area contributed by atoms with Gasteiger partial charge in [0.05, 0.1) is 12.2 Å². The van der Waals surface area contributed by atoms with E-state index in [9.17, 15) is 4.39 Å². The van der Waals surface area contributed by atoms with Crippen LogP contribution in [0.15, 0.2) is 18.2 Å². The standard InChI is InChI=1S/C13H14ClFN4O/c1-3-16-12-17-11(18-13(19-12)20-4-2)9-6-5-8(14)7-10(9)15/h5-7H,3-4H2,1-2H3,(H,16,17,18,19). The van der Waals surface area contributed by atoms with Crippen LogP contribution in [0.1, 0.15) is 13.8 Å². The Hall–Kier alpha value is -1.95. The fourth-order valence-corrected chi connectivity index (χ4v) is 1.74. The van der Waals surface area contributed by atoms with Crippen molar-refractivity contribution in [2.24, 2.45) is 0 Å². The maximum Gasteiger partial charge on any atom is 0.321 e. The zero-order valence-corrected chi connectivity index (χ0v) is 11.9. The third-order valence-corrected chi connectivity index (χ3v) is 2.63. The van der Waals surface area contributed by atoms with Crippen molar-refractivity contribution in [2.45, 2.75) is 13.8 Å². The second kappa shape index (κ2) is 6.47. The van der Waals surface area contributed by atoms with E-state index in [2.05, 4.69) is 20.3 Å². The average molecular weight is 297 g/mol. The quantitative estimate of drug-likeness (QED) is 0.918. The molecule has 0 amide bonds. The molecule has 2 aromatic rings. The van der Waals surface area contributed by atoms with Gasteiger partial charge in [-0.2, -0.15) is 15.0 Å². The van der Waals surface area contributed by atoms with Gasteiger partial charge >= 0.3 is 6.01 Å². The van der Waals surface area contributed by atoms with Crippen LogP contribution in [-0.4, -0.2) is 28.1 Å². The van der Waals surface area contributed by atoms with Crippen LogP contribution in [0.2, 0.25) is 5.02 Å². The van der Waals surface area contributed by atoms with Crippen LogP contribution in [0.4, 0.5) is 10.3 Å². The van der Waals surface area contributed by atoms with Crippen LogP contribution in [-0.2, 0) is 0 Å². The van der Waals surface area contributed by atoms with E-state index in [4.69, 9.17) is 16.3 Å². The molecule has 0 spiro atoms. The molecule has 2 rings (SSSR count). The van der Waals surface area contributed by atoms with Gasteiger partial charge in [-0.25, -0.2) is 4.39 Å². The number of hydrogen-bond donors (Lipinski definition) is 1. The van der Waals surface area contributed by atoms with Crippen molar-refractivity contribution in [1.29, 1.82) is 0 Å². The van der Waals surface area contributed by atoms with Crippen molar-refractivity contribution in [3.05, 3.63) is 29.0 Å². The minimum Gasteiger partial charge on any atom is -0.464 e. The molecule has 5 nitrogen and oxygen atoms in total. The first-order chi connectivity index (χ1) is 9.63. The molecule has 1 heterocycles. The summed E-state index contributed by atoms with van der Waals surface area (Å²) in [5.41, 5.74) is 0.247. The van der Waals surface area contributed by atoms with Gasteiger partial charge in [0.15, 0.2) is 5.82 Å². The van der Waals surface area contributed by atoms with Gasteiger partial charge in [-0.15, -0.1) is 0 Å². The summed E-state index contributed by atoms with van der Waals surface area (Å²) in [5.74, 6) is 0.0532. The minimum atomic E-state index is -0.492. The molecule has 1 aromatic heterocycles. The van der Waals surface area contributed by atoms with Crippen molar-refractivity contribution < 1.29 is 9.13 Å². The van der Waals surface area contributed by atoms with E-state index in [1.54, 1.807) is 6.07 Å². The largest absolute Gasteiger partial charge is 0.464 e. The van der Waals surface area contributed by atoms with Gasteiger partial charge in [0.2, 0.25) is 5.95 Å². The van der Waals surface area contributed by atoms with Gasteiger partial charge in [0.25, 0.3) is 0 Å². The number of nitrogens with zero attached hydrogens (tertiary/aromatic N) is 3. The van der Waals surface area contributed by atoms with E-state index in [1.807, 2.05) is 13.8 Å². The summed E-state index contributed by atoms with van der Waals surface area (Å²) in [6.45, 7) is 4.78. The summed E-state index contributed by atoms with van der Waals surface area (Å²) in [4.78, 5) is 12.3. The zero-order chi connectivity index (χ0) is 14.5. The van der Waals surface area contributed by atoms with E-state index >= 15 is 0 Å². The van der Waals surface area contributed by atoms with Gasteiger partial charge in [0.1, 0.15) is 5.82 Å². The SMILES string of the molecule is CCNc1nc(OCC)nc(-c2ccc(Cl)cc2F)n1. The second-order valence-electron chi connectivity index (χ2n) is 3.85. The summed E-state index contributed by atoms with van der Waals surface area (Å²) in [5, 5.41) is 3.27. The first-order valence-electron chi connectivity index (χ1n) is 6.22. The number of anilines is 1. The Bertz CT molecular complexity index is 585. The number of aromatic nitrogens is 3. The van der Waals surface area contributed by atoms with Gasteiger partial charge in [-0.05, 0) is 32.0 Å². The first kappa shape index (κ1) is 14.5. The summed E-state index contributed by atoms with van der Waals surface area (Å²) < 4.78 is 19.2. The Kier molecular flexibility index (Phi) is 4.68. The molecule has 0 unspecified atom stereocenters. The molecular weight excluding hydrogens is 283 g/mol. The molecule has 1 aromatic carbocycles. The lowest BCUT2D eigenvalue weighted by Crippen LogP contribution is -2.08. The molecule has 0 saturated heterocycles. The number of benzene rings is 1. The molecular formula is C13H14ClFN4O. The van der Waals surface area contributed by atoms with E-state index < -0.39 is 5.82 Å². The lowest BCUT2D eigenvalue weighted by molar-refractivity contribution is 0.312. The molecule has 0 aliphatic rings. The Morgan fingerprint density at radius 3 is 2.70 bits per heavy atom. The smallest absolute Gasteiger partial charge is 0.321 e. The Morgan fingerprint density at radius 2 is 2.05 bits per heavy atom. The van der Waals surface area contributed by atoms with Crippen molar-refractivity contribution >= 4 is 17.5 Å². The van der Waals surface area contributed by atoms with E-state index in [-0.39, 0.29) is 17.4 Å². The molecule has 1 N–H and O–H groups in total. The third kappa shape index (κ3) is 3.33. The minimum absolute atomic E-state index is 0.155. The molecule has 106 valence electrons. The molecule has 0 aliphatic carbocycles. The van der Waals surface area contributed by atoms with Gasteiger partial charge in [0, 0.05) is 11.6 Å². The van der Waals surface area contributed by atoms with E-state index in [1.165, 1.54) is 12.1 Å².